The predicted octanol–water partition coefficient (Wildman–Crippen LogP) is 3.43. The Bertz CT molecular complexity index is 413. The average Bonchev–Trinajstić information content (AvgIpc) is 2.23. The highest BCUT2D eigenvalue weighted by atomic mass is 32.2. The molecular formula is C13H16O3S. The largest absolute Gasteiger partial charge is 0.489 e. The lowest BCUT2D eigenvalue weighted by molar-refractivity contribution is 0.0675. The van der Waals surface area contributed by atoms with E-state index in [0.717, 1.165) is 23.5 Å². The van der Waals surface area contributed by atoms with Crippen molar-refractivity contribution in [3.05, 3.63) is 23.8 Å². The van der Waals surface area contributed by atoms with Crippen LogP contribution in [-0.4, -0.2) is 22.9 Å². The van der Waals surface area contributed by atoms with Crippen molar-refractivity contribution < 1.29 is 14.6 Å². The van der Waals surface area contributed by atoms with Gasteiger partial charge in [0.05, 0.1) is 6.10 Å². The topological polar surface area (TPSA) is 46.5 Å². The Balaban J connectivity index is 2.28. The Morgan fingerprint density at radius 2 is 2.29 bits per heavy atom. The molecule has 3 nitrogen and oxygen atoms in total. The lowest BCUT2D eigenvalue weighted by Crippen LogP contribution is -2.25. The molecule has 92 valence electrons. The number of benzene rings is 1. The van der Waals surface area contributed by atoms with E-state index in [1.165, 1.54) is 18.2 Å². The smallest absolute Gasteiger partial charge is 0.340 e. The predicted molar refractivity (Wildman–Crippen MR) is 68.1 cm³/mol. The number of carboxylic acids is 1. The molecule has 0 heterocycles. The monoisotopic (exact) mass is 252 g/mol. The number of thioether (sulfide) groups is 1. The second-order valence-corrected chi connectivity index (χ2v) is 5.34. The Hall–Kier alpha value is -1.16. The van der Waals surface area contributed by atoms with Gasteiger partial charge < -0.3 is 9.84 Å². The van der Waals surface area contributed by atoms with E-state index in [0.29, 0.717) is 11.3 Å². The Morgan fingerprint density at radius 1 is 1.53 bits per heavy atom. The molecule has 1 saturated carbocycles. The molecule has 1 aromatic carbocycles. The van der Waals surface area contributed by atoms with E-state index in [9.17, 15) is 9.90 Å². The summed E-state index contributed by atoms with van der Waals surface area (Å²) >= 11 is 1.54. The summed E-state index contributed by atoms with van der Waals surface area (Å²) in [6.07, 6.45) is 3.44. The van der Waals surface area contributed by atoms with Crippen LogP contribution in [0.15, 0.2) is 23.1 Å². The van der Waals surface area contributed by atoms with E-state index < -0.39 is 5.97 Å². The summed E-state index contributed by atoms with van der Waals surface area (Å²) in [6, 6.07) is 5.45. The third kappa shape index (κ3) is 2.75. The maximum Gasteiger partial charge on any atom is 0.340 e. The summed E-state index contributed by atoms with van der Waals surface area (Å²) < 4.78 is 5.74. The number of hydrogen-bond donors (Lipinski definition) is 1. The van der Waals surface area contributed by atoms with Crippen LogP contribution in [0, 0.1) is 0 Å². The van der Waals surface area contributed by atoms with Gasteiger partial charge in [-0.2, -0.15) is 0 Å². The van der Waals surface area contributed by atoms with Gasteiger partial charge in [0.15, 0.2) is 0 Å². The Kier molecular flexibility index (Phi) is 3.94. The fourth-order valence-electron chi connectivity index (χ4n) is 1.76. The summed E-state index contributed by atoms with van der Waals surface area (Å²) in [7, 11) is 0. The number of ether oxygens (including phenoxy) is 1. The van der Waals surface area contributed by atoms with E-state index in [2.05, 4.69) is 0 Å². The van der Waals surface area contributed by atoms with E-state index in [-0.39, 0.29) is 6.10 Å². The average molecular weight is 252 g/mol. The van der Waals surface area contributed by atoms with Crippen molar-refractivity contribution in [2.75, 3.05) is 5.75 Å². The molecule has 1 fully saturated rings. The van der Waals surface area contributed by atoms with Crippen LogP contribution < -0.4 is 4.74 Å². The minimum absolute atomic E-state index is 0.204. The quantitative estimate of drug-likeness (QED) is 0.815. The van der Waals surface area contributed by atoms with E-state index in [1.54, 1.807) is 6.07 Å². The van der Waals surface area contributed by atoms with Gasteiger partial charge in [-0.05, 0) is 37.1 Å². The lowest BCUT2D eigenvalue weighted by Gasteiger charge is -2.27. The van der Waals surface area contributed by atoms with Crippen molar-refractivity contribution in [1.82, 2.24) is 0 Å². The number of carboxylic acid groups (broad SMARTS) is 1. The van der Waals surface area contributed by atoms with Crippen LogP contribution in [-0.2, 0) is 0 Å². The van der Waals surface area contributed by atoms with Crippen molar-refractivity contribution in [3.8, 4) is 5.75 Å². The van der Waals surface area contributed by atoms with Crippen molar-refractivity contribution in [1.29, 1.82) is 0 Å². The standard InChI is InChI=1S/C13H16O3S/c1-2-17-11-8-4-7-10(12(11)13(14)15)16-9-5-3-6-9/h4,7-9H,2-3,5-6H2,1H3,(H,14,15). The molecule has 0 unspecified atom stereocenters. The summed E-state index contributed by atoms with van der Waals surface area (Å²) in [5, 5.41) is 9.28. The normalized spacial score (nSPS) is 15.4. The maximum atomic E-state index is 11.3. The Labute approximate surface area is 105 Å². The summed E-state index contributed by atoms with van der Waals surface area (Å²) in [5.41, 5.74) is 0.311. The number of carbonyl (C=O) groups is 1. The lowest BCUT2D eigenvalue weighted by atomic mass is 9.96. The molecule has 1 aromatic rings. The van der Waals surface area contributed by atoms with Gasteiger partial charge in [0.2, 0.25) is 0 Å². The molecule has 0 saturated heterocycles. The molecule has 0 radical (unpaired) electrons. The first-order valence-electron chi connectivity index (χ1n) is 5.88. The van der Waals surface area contributed by atoms with Crippen molar-refractivity contribution in [3.63, 3.8) is 0 Å². The molecule has 0 atom stereocenters. The van der Waals surface area contributed by atoms with Gasteiger partial charge in [0.25, 0.3) is 0 Å². The molecule has 0 aliphatic heterocycles. The zero-order valence-electron chi connectivity index (χ0n) is 9.81. The fourth-order valence-corrected chi connectivity index (χ4v) is 2.58. The van der Waals surface area contributed by atoms with Crippen LogP contribution in [0.2, 0.25) is 0 Å². The van der Waals surface area contributed by atoms with Gasteiger partial charge in [-0.15, -0.1) is 11.8 Å². The molecule has 17 heavy (non-hydrogen) atoms. The molecule has 2 rings (SSSR count). The van der Waals surface area contributed by atoms with Crippen LogP contribution in [0.25, 0.3) is 0 Å². The number of rotatable bonds is 5. The van der Waals surface area contributed by atoms with E-state index in [4.69, 9.17) is 4.74 Å². The highest BCUT2D eigenvalue weighted by molar-refractivity contribution is 7.99. The summed E-state index contributed by atoms with van der Waals surface area (Å²) in [6.45, 7) is 2.01. The molecule has 1 aliphatic carbocycles. The van der Waals surface area contributed by atoms with Gasteiger partial charge in [-0.1, -0.05) is 13.0 Å². The van der Waals surface area contributed by atoms with Gasteiger partial charge >= 0.3 is 5.97 Å². The third-order valence-corrected chi connectivity index (χ3v) is 3.79. The van der Waals surface area contributed by atoms with Crippen molar-refractivity contribution in [2.45, 2.75) is 37.2 Å². The second kappa shape index (κ2) is 5.45. The second-order valence-electron chi connectivity index (χ2n) is 4.04. The van der Waals surface area contributed by atoms with Gasteiger partial charge in [0.1, 0.15) is 11.3 Å². The molecule has 1 N–H and O–H groups in total. The van der Waals surface area contributed by atoms with E-state index >= 15 is 0 Å². The molecular weight excluding hydrogens is 236 g/mol. The highest BCUT2D eigenvalue weighted by Gasteiger charge is 2.23. The highest BCUT2D eigenvalue weighted by Crippen LogP contribution is 2.33. The number of aromatic carboxylic acids is 1. The van der Waals surface area contributed by atoms with Crippen LogP contribution in [0.1, 0.15) is 36.5 Å². The van der Waals surface area contributed by atoms with Crippen LogP contribution in [0.3, 0.4) is 0 Å². The fraction of sp³-hybridized carbons (Fsp3) is 0.462. The van der Waals surface area contributed by atoms with Gasteiger partial charge in [0, 0.05) is 4.90 Å². The number of hydrogen-bond acceptors (Lipinski definition) is 3. The molecule has 0 aromatic heterocycles. The van der Waals surface area contributed by atoms with E-state index in [1.807, 2.05) is 19.1 Å². The zero-order chi connectivity index (χ0) is 12.3. The van der Waals surface area contributed by atoms with Crippen LogP contribution in [0.4, 0.5) is 0 Å². The van der Waals surface area contributed by atoms with Crippen LogP contribution >= 0.6 is 11.8 Å². The van der Waals surface area contributed by atoms with Gasteiger partial charge in [-0.25, -0.2) is 4.79 Å². The maximum absolute atomic E-state index is 11.3. The molecule has 0 spiro atoms. The van der Waals surface area contributed by atoms with Crippen molar-refractivity contribution in [2.24, 2.45) is 0 Å². The first-order valence-corrected chi connectivity index (χ1v) is 6.86. The third-order valence-electron chi connectivity index (χ3n) is 2.85. The molecule has 1 aliphatic rings. The zero-order valence-corrected chi connectivity index (χ0v) is 10.6. The first kappa shape index (κ1) is 12.3. The summed E-state index contributed by atoms with van der Waals surface area (Å²) in [4.78, 5) is 12.1. The molecule has 4 heteroatoms. The Morgan fingerprint density at radius 3 is 2.82 bits per heavy atom. The van der Waals surface area contributed by atoms with Crippen LogP contribution in [0.5, 0.6) is 5.75 Å². The minimum Gasteiger partial charge on any atom is -0.489 e. The van der Waals surface area contributed by atoms with Crippen molar-refractivity contribution >= 4 is 17.7 Å². The first-order chi connectivity index (χ1) is 8.22. The summed E-state index contributed by atoms with van der Waals surface area (Å²) in [5.74, 6) is 0.462. The molecule has 0 bridgehead atoms. The SMILES string of the molecule is CCSc1cccc(OC2CCC2)c1C(=O)O. The molecule has 0 amide bonds. The van der Waals surface area contributed by atoms with Gasteiger partial charge in [-0.3, -0.25) is 0 Å². The minimum atomic E-state index is -0.907.